The number of carbonyl (C=O) groups is 1. The van der Waals surface area contributed by atoms with E-state index in [2.05, 4.69) is 32.2 Å². The van der Waals surface area contributed by atoms with E-state index in [4.69, 9.17) is 17.3 Å². The van der Waals surface area contributed by atoms with Crippen LogP contribution in [-0.2, 0) is 0 Å². The summed E-state index contributed by atoms with van der Waals surface area (Å²) in [6.45, 7) is 3.43. The Hall–Kier alpha value is -2.78. The summed E-state index contributed by atoms with van der Waals surface area (Å²) < 4.78 is 1.60. The van der Waals surface area contributed by atoms with Crippen molar-refractivity contribution in [3.8, 4) is 5.82 Å². The van der Waals surface area contributed by atoms with E-state index in [1.807, 2.05) is 4.90 Å². The number of amides is 1. The first-order chi connectivity index (χ1) is 14.5. The number of anilines is 1. The molecule has 2 saturated heterocycles. The average Bonchev–Trinajstić information content (AvgIpc) is 3.08. The minimum absolute atomic E-state index is 0.0165. The van der Waals surface area contributed by atoms with Crippen molar-refractivity contribution >= 4 is 34.4 Å². The van der Waals surface area contributed by atoms with Crippen molar-refractivity contribution in [3.05, 3.63) is 34.6 Å². The fourth-order valence-electron chi connectivity index (χ4n) is 4.39. The largest absolute Gasteiger partial charge is 0.384 e. The number of likely N-dealkylation sites (N-methyl/N-ethyl adjacent to an activating group) is 1. The van der Waals surface area contributed by atoms with Crippen LogP contribution in [0.3, 0.4) is 0 Å². The Morgan fingerprint density at radius 2 is 2.03 bits per heavy atom. The first-order valence-electron chi connectivity index (χ1n) is 10.2. The number of benzene rings is 1. The van der Waals surface area contributed by atoms with Crippen LogP contribution in [0.25, 0.3) is 16.9 Å². The number of hydrogen-bond acceptors (Lipinski definition) is 7. The Bertz CT molecular complexity index is 1130. The summed E-state index contributed by atoms with van der Waals surface area (Å²) in [5.41, 5.74) is 8.70. The van der Waals surface area contributed by atoms with Crippen LogP contribution in [0.5, 0.6) is 0 Å². The third-order valence-corrected chi connectivity index (χ3v) is 6.31. The molecule has 0 bridgehead atoms. The highest BCUT2D eigenvalue weighted by Crippen LogP contribution is 2.38. The van der Waals surface area contributed by atoms with Crippen molar-refractivity contribution in [3.63, 3.8) is 0 Å². The van der Waals surface area contributed by atoms with Gasteiger partial charge in [-0.15, -0.1) is 5.10 Å². The number of carbonyl (C=O) groups excluding carboxylic acids is 1. The monoisotopic (exact) mass is 426 g/mol. The van der Waals surface area contributed by atoms with E-state index >= 15 is 0 Å². The number of hydrogen-bond donors (Lipinski definition) is 1. The maximum absolute atomic E-state index is 13.3. The molecule has 2 aliphatic rings. The molecule has 0 saturated carbocycles. The number of piperidine rings is 1. The number of nitrogens with zero attached hydrogens (tertiary/aromatic N) is 7. The Morgan fingerprint density at radius 3 is 2.73 bits per heavy atom. The molecule has 0 radical (unpaired) electrons. The summed E-state index contributed by atoms with van der Waals surface area (Å²) >= 11 is 6.74. The molecule has 0 spiro atoms. The fourth-order valence-corrected chi connectivity index (χ4v) is 4.68. The predicted octanol–water partition coefficient (Wildman–Crippen LogP) is 2.10. The molecule has 2 aromatic heterocycles. The molecule has 1 atom stereocenters. The van der Waals surface area contributed by atoms with Gasteiger partial charge in [0.15, 0.2) is 5.82 Å². The molecule has 1 aromatic carbocycles. The zero-order chi connectivity index (χ0) is 20.8. The van der Waals surface area contributed by atoms with Crippen LogP contribution in [0.1, 0.15) is 41.1 Å². The molecule has 156 valence electrons. The number of rotatable bonds is 3. The fraction of sp³-hybridized carbons (Fsp3) is 0.450. The Kier molecular flexibility index (Phi) is 4.79. The smallest absolute Gasteiger partial charge is 0.255 e. The van der Waals surface area contributed by atoms with Gasteiger partial charge >= 0.3 is 0 Å². The van der Waals surface area contributed by atoms with Gasteiger partial charge in [-0.2, -0.15) is 4.68 Å². The van der Waals surface area contributed by atoms with Crippen LogP contribution in [0.4, 0.5) is 5.82 Å². The summed E-state index contributed by atoms with van der Waals surface area (Å²) in [5, 5.41) is 9.23. The van der Waals surface area contributed by atoms with Gasteiger partial charge in [-0.05, 0) is 44.8 Å². The normalized spacial score (nSPS) is 19.8. The topological polar surface area (TPSA) is 106 Å². The number of nitrogen functional groups attached to an aromatic ring is 1. The van der Waals surface area contributed by atoms with E-state index in [0.29, 0.717) is 33.3 Å². The second-order valence-corrected chi connectivity index (χ2v) is 8.47. The summed E-state index contributed by atoms with van der Waals surface area (Å²) in [6.07, 6.45) is 4.45. The summed E-state index contributed by atoms with van der Waals surface area (Å²) in [7, 11) is 2.10. The SMILES string of the molecule is CN1CCCC(c2c(C(=O)N3CCC3)c(Cl)cc3c2nnn3-c2cc(N)ncn2)C1. The van der Waals surface area contributed by atoms with Crippen molar-refractivity contribution in [2.24, 2.45) is 0 Å². The molecular weight excluding hydrogens is 404 g/mol. The van der Waals surface area contributed by atoms with E-state index < -0.39 is 0 Å². The zero-order valence-corrected chi connectivity index (χ0v) is 17.5. The van der Waals surface area contributed by atoms with Crippen molar-refractivity contribution < 1.29 is 4.79 Å². The average molecular weight is 427 g/mol. The Balaban J connectivity index is 1.72. The standard InChI is InChI=1S/C20H23ClN8O/c1-27-5-2-4-12(10-27)17-18(20(30)28-6-3-7-28)13(21)8-14-19(17)25-26-29(14)16-9-15(22)23-11-24-16/h8-9,11-12H,2-7,10H2,1H3,(H2,22,23,24). The molecule has 4 heterocycles. The van der Waals surface area contributed by atoms with Crippen molar-refractivity contribution in [1.82, 2.24) is 34.8 Å². The van der Waals surface area contributed by atoms with Crippen LogP contribution >= 0.6 is 11.6 Å². The highest BCUT2D eigenvalue weighted by molar-refractivity contribution is 6.35. The molecule has 2 aliphatic heterocycles. The Labute approximate surface area is 178 Å². The van der Waals surface area contributed by atoms with Gasteiger partial charge in [-0.25, -0.2) is 9.97 Å². The van der Waals surface area contributed by atoms with E-state index in [1.54, 1.807) is 16.8 Å². The maximum Gasteiger partial charge on any atom is 0.255 e. The van der Waals surface area contributed by atoms with Crippen LogP contribution < -0.4 is 5.73 Å². The van der Waals surface area contributed by atoms with Gasteiger partial charge in [-0.1, -0.05) is 16.8 Å². The second kappa shape index (κ2) is 7.48. The second-order valence-electron chi connectivity index (χ2n) is 8.06. The molecule has 1 unspecified atom stereocenters. The van der Waals surface area contributed by atoms with Gasteiger partial charge in [0.05, 0.1) is 16.1 Å². The molecule has 9 nitrogen and oxygen atoms in total. The molecule has 0 aliphatic carbocycles. The first kappa shape index (κ1) is 19.2. The van der Waals surface area contributed by atoms with Gasteiger partial charge in [0.25, 0.3) is 5.91 Å². The van der Waals surface area contributed by atoms with Crippen LogP contribution in [0.2, 0.25) is 5.02 Å². The van der Waals surface area contributed by atoms with E-state index in [0.717, 1.165) is 51.0 Å². The lowest BCUT2D eigenvalue weighted by Crippen LogP contribution is -2.43. The molecule has 1 amide bonds. The van der Waals surface area contributed by atoms with Crippen LogP contribution in [0, 0.1) is 0 Å². The molecular formula is C20H23ClN8O. The van der Waals surface area contributed by atoms with Gasteiger partial charge < -0.3 is 15.5 Å². The molecule has 2 N–H and O–H groups in total. The molecule has 10 heteroatoms. The number of fused-ring (bicyclic) bond motifs is 1. The third-order valence-electron chi connectivity index (χ3n) is 6.01. The quantitative estimate of drug-likeness (QED) is 0.683. The lowest BCUT2D eigenvalue weighted by Gasteiger charge is -2.34. The highest BCUT2D eigenvalue weighted by atomic mass is 35.5. The minimum atomic E-state index is -0.0165. The highest BCUT2D eigenvalue weighted by Gasteiger charge is 2.33. The number of aromatic nitrogens is 5. The van der Waals surface area contributed by atoms with Gasteiger partial charge in [0.2, 0.25) is 0 Å². The minimum Gasteiger partial charge on any atom is -0.384 e. The number of nitrogens with two attached hydrogens (primary N) is 1. The number of halogens is 1. The predicted molar refractivity (Wildman–Crippen MR) is 114 cm³/mol. The van der Waals surface area contributed by atoms with Gasteiger partial charge in [0.1, 0.15) is 17.7 Å². The third kappa shape index (κ3) is 3.18. The maximum atomic E-state index is 13.3. The van der Waals surface area contributed by atoms with Gasteiger partial charge in [-0.3, -0.25) is 4.79 Å². The molecule has 5 rings (SSSR count). The molecule has 2 fully saturated rings. The van der Waals surface area contributed by atoms with Crippen LogP contribution in [-0.4, -0.2) is 73.9 Å². The lowest BCUT2D eigenvalue weighted by atomic mass is 9.86. The van der Waals surface area contributed by atoms with E-state index in [1.165, 1.54) is 6.33 Å². The summed E-state index contributed by atoms with van der Waals surface area (Å²) in [4.78, 5) is 25.6. The van der Waals surface area contributed by atoms with Crippen molar-refractivity contribution in [2.45, 2.75) is 25.2 Å². The molecule has 30 heavy (non-hydrogen) atoms. The van der Waals surface area contributed by atoms with Crippen LogP contribution in [0.15, 0.2) is 18.5 Å². The number of likely N-dealkylation sites (tertiary alicyclic amines) is 2. The van der Waals surface area contributed by atoms with Gasteiger partial charge in [0, 0.05) is 31.3 Å². The first-order valence-corrected chi connectivity index (χ1v) is 10.5. The Morgan fingerprint density at radius 1 is 1.20 bits per heavy atom. The van der Waals surface area contributed by atoms with Crippen molar-refractivity contribution in [1.29, 1.82) is 0 Å². The van der Waals surface area contributed by atoms with E-state index in [9.17, 15) is 4.79 Å². The van der Waals surface area contributed by atoms with Crippen molar-refractivity contribution in [2.75, 3.05) is 39.0 Å². The van der Waals surface area contributed by atoms with E-state index in [-0.39, 0.29) is 11.8 Å². The molecule has 3 aromatic rings. The summed E-state index contributed by atoms with van der Waals surface area (Å²) in [6, 6.07) is 3.40. The summed E-state index contributed by atoms with van der Waals surface area (Å²) in [5.74, 6) is 0.992. The zero-order valence-electron chi connectivity index (χ0n) is 16.8. The lowest BCUT2D eigenvalue weighted by molar-refractivity contribution is 0.0649.